The molecule has 4 heteroatoms. The lowest BCUT2D eigenvalue weighted by atomic mass is 9.79. The summed E-state index contributed by atoms with van der Waals surface area (Å²) in [7, 11) is 0. The third-order valence-corrected chi connectivity index (χ3v) is 4.53. The summed E-state index contributed by atoms with van der Waals surface area (Å²) >= 11 is 0. The first kappa shape index (κ1) is 18.0. The fraction of sp³-hybridized carbons (Fsp3) is 0.632. The molecule has 1 amide bonds. The predicted molar refractivity (Wildman–Crippen MR) is 96.9 cm³/mol. The number of hydrogen-bond acceptors (Lipinski definition) is 3. The quantitative estimate of drug-likeness (QED) is 0.799. The molecule has 4 nitrogen and oxygen atoms in total. The van der Waals surface area contributed by atoms with E-state index in [1.807, 2.05) is 18.2 Å². The highest BCUT2D eigenvalue weighted by Crippen LogP contribution is 2.28. The Hall–Kier alpha value is -1.39. The van der Waals surface area contributed by atoms with Gasteiger partial charge in [0.1, 0.15) is 0 Å². The molecule has 0 saturated carbocycles. The molecule has 0 bridgehead atoms. The number of carbonyl (C=O) groups is 1. The lowest BCUT2D eigenvalue weighted by Gasteiger charge is -2.46. The Labute approximate surface area is 140 Å². The van der Waals surface area contributed by atoms with Crippen LogP contribution in [0.1, 0.15) is 51.7 Å². The Balaban J connectivity index is 1.87. The van der Waals surface area contributed by atoms with Gasteiger partial charge in [0, 0.05) is 22.8 Å². The summed E-state index contributed by atoms with van der Waals surface area (Å²) in [5, 5.41) is 10.1. The number of hydrogen-bond donors (Lipinski definition) is 3. The summed E-state index contributed by atoms with van der Waals surface area (Å²) in [6, 6.07) is 6.36. The highest BCUT2D eigenvalue weighted by molar-refractivity contribution is 5.92. The van der Waals surface area contributed by atoms with Crippen LogP contribution < -0.4 is 16.0 Å². The molecule has 1 aromatic rings. The van der Waals surface area contributed by atoms with Crippen LogP contribution >= 0.6 is 0 Å². The van der Waals surface area contributed by atoms with Gasteiger partial charge in [0.2, 0.25) is 5.91 Å². The second-order valence-corrected chi connectivity index (χ2v) is 8.23. The fourth-order valence-electron chi connectivity index (χ4n) is 3.73. The maximum Gasteiger partial charge on any atom is 0.238 e. The van der Waals surface area contributed by atoms with Crippen LogP contribution in [0.5, 0.6) is 0 Å². The van der Waals surface area contributed by atoms with E-state index in [4.69, 9.17) is 0 Å². The number of carbonyl (C=O) groups excluding carboxylic acids is 1. The SMILES string of the molecule is Cc1ccc(NC(=O)CNC2CC(C)(C)NC(C)(C)C2)cc1C. The molecule has 0 aromatic heterocycles. The minimum atomic E-state index is 0.0161. The predicted octanol–water partition coefficient (Wildman–Crippen LogP) is 3.14. The maximum absolute atomic E-state index is 12.2. The summed E-state index contributed by atoms with van der Waals surface area (Å²) in [6.07, 6.45) is 2.04. The van der Waals surface area contributed by atoms with E-state index in [0.717, 1.165) is 18.5 Å². The second kappa shape index (κ2) is 6.62. The molecule has 1 heterocycles. The largest absolute Gasteiger partial charge is 0.325 e. The maximum atomic E-state index is 12.2. The van der Waals surface area contributed by atoms with Crippen LogP contribution in [0.15, 0.2) is 18.2 Å². The molecule has 0 unspecified atom stereocenters. The van der Waals surface area contributed by atoms with Gasteiger partial charge in [0.25, 0.3) is 0 Å². The molecule has 1 aliphatic heterocycles. The Bertz CT molecular complexity index is 562. The number of nitrogens with one attached hydrogen (secondary N) is 3. The molecule has 128 valence electrons. The van der Waals surface area contributed by atoms with Gasteiger partial charge < -0.3 is 16.0 Å². The zero-order valence-electron chi connectivity index (χ0n) is 15.3. The van der Waals surface area contributed by atoms with Crippen molar-refractivity contribution in [2.45, 2.75) is 71.5 Å². The van der Waals surface area contributed by atoms with Crippen LogP contribution in [0.3, 0.4) is 0 Å². The molecule has 0 spiro atoms. The first-order valence-corrected chi connectivity index (χ1v) is 8.46. The second-order valence-electron chi connectivity index (χ2n) is 8.23. The van der Waals surface area contributed by atoms with Crippen molar-refractivity contribution in [2.75, 3.05) is 11.9 Å². The lowest BCUT2D eigenvalue weighted by molar-refractivity contribution is -0.115. The first-order chi connectivity index (χ1) is 10.6. The van der Waals surface area contributed by atoms with Gasteiger partial charge in [0.05, 0.1) is 6.54 Å². The van der Waals surface area contributed by atoms with Crippen LogP contribution in [-0.2, 0) is 4.79 Å². The first-order valence-electron chi connectivity index (χ1n) is 8.46. The van der Waals surface area contributed by atoms with E-state index in [1.165, 1.54) is 11.1 Å². The Morgan fingerprint density at radius 2 is 1.74 bits per heavy atom. The van der Waals surface area contributed by atoms with E-state index in [0.29, 0.717) is 12.6 Å². The number of anilines is 1. The van der Waals surface area contributed by atoms with E-state index in [9.17, 15) is 4.79 Å². The minimum Gasteiger partial charge on any atom is -0.325 e. The molecule has 2 rings (SSSR count). The van der Waals surface area contributed by atoms with E-state index >= 15 is 0 Å². The Kier molecular flexibility index (Phi) is 5.17. The lowest BCUT2D eigenvalue weighted by Crippen LogP contribution is -2.62. The third-order valence-electron chi connectivity index (χ3n) is 4.53. The van der Waals surface area contributed by atoms with Crippen molar-refractivity contribution in [3.8, 4) is 0 Å². The van der Waals surface area contributed by atoms with Gasteiger partial charge in [-0.1, -0.05) is 6.07 Å². The van der Waals surface area contributed by atoms with Crippen LogP contribution in [0.25, 0.3) is 0 Å². The van der Waals surface area contributed by atoms with Gasteiger partial charge in [-0.15, -0.1) is 0 Å². The van der Waals surface area contributed by atoms with Crippen LogP contribution in [0, 0.1) is 13.8 Å². The van der Waals surface area contributed by atoms with Crippen molar-refractivity contribution in [3.05, 3.63) is 29.3 Å². The number of piperidine rings is 1. The van der Waals surface area contributed by atoms with E-state index < -0.39 is 0 Å². The van der Waals surface area contributed by atoms with Gasteiger partial charge in [-0.3, -0.25) is 4.79 Å². The van der Waals surface area contributed by atoms with Crippen LogP contribution in [0.2, 0.25) is 0 Å². The zero-order valence-corrected chi connectivity index (χ0v) is 15.3. The van der Waals surface area contributed by atoms with Crippen molar-refractivity contribution in [1.29, 1.82) is 0 Å². The van der Waals surface area contributed by atoms with Gasteiger partial charge in [-0.25, -0.2) is 0 Å². The summed E-state index contributed by atoms with van der Waals surface area (Å²) < 4.78 is 0. The molecule has 3 N–H and O–H groups in total. The van der Waals surface area contributed by atoms with Crippen molar-refractivity contribution in [2.24, 2.45) is 0 Å². The summed E-state index contributed by atoms with van der Waals surface area (Å²) in [5.74, 6) is 0.0161. The number of amides is 1. The molecule has 0 radical (unpaired) electrons. The van der Waals surface area contributed by atoms with Crippen molar-refractivity contribution in [1.82, 2.24) is 10.6 Å². The molecule has 1 saturated heterocycles. The average Bonchev–Trinajstić information content (AvgIpc) is 2.37. The Morgan fingerprint density at radius 3 is 2.30 bits per heavy atom. The summed E-state index contributed by atoms with van der Waals surface area (Å²) in [6.45, 7) is 13.4. The normalized spacial score (nSPS) is 20.3. The molecule has 23 heavy (non-hydrogen) atoms. The molecular weight excluding hydrogens is 286 g/mol. The molecule has 1 aromatic carbocycles. The number of rotatable bonds is 4. The molecular formula is C19H31N3O. The van der Waals surface area contributed by atoms with Crippen molar-refractivity contribution in [3.63, 3.8) is 0 Å². The monoisotopic (exact) mass is 317 g/mol. The van der Waals surface area contributed by atoms with Crippen LogP contribution in [-0.4, -0.2) is 29.6 Å². The van der Waals surface area contributed by atoms with E-state index in [-0.39, 0.29) is 17.0 Å². The van der Waals surface area contributed by atoms with E-state index in [1.54, 1.807) is 0 Å². The standard InChI is InChI=1S/C19H31N3O/c1-13-7-8-15(9-14(13)2)21-17(23)12-20-16-10-18(3,4)22-19(5,6)11-16/h7-9,16,20,22H,10-12H2,1-6H3,(H,21,23). The van der Waals surface area contributed by atoms with Gasteiger partial charge in [0.15, 0.2) is 0 Å². The number of aryl methyl sites for hydroxylation is 2. The van der Waals surface area contributed by atoms with E-state index in [2.05, 4.69) is 57.5 Å². The molecule has 1 fully saturated rings. The summed E-state index contributed by atoms with van der Waals surface area (Å²) in [4.78, 5) is 12.2. The smallest absolute Gasteiger partial charge is 0.238 e. The highest BCUT2D eigenvalue weighted by Gasteiger charge is 2.37. The molecule has 0 aliphatic carbocycles. The number of benzene rings is 1. The average molecular weight is 317 g/mol. The Morgan fingerprint density at radius 1 is 1.13 bits per heavy atom. The minimum absolute atomic E-state index is 0.0161. The van der Waals surface area contributed by atoms with Crippen molar-refractivity contribution < 1.29 is 4.79 Å². The van der Waals surface area contributed by atoms with Gasteiger partial charge >= 0.3 is 0 Å². The molecule has 1 aliphatic rings. The van der Waals surface area contributed by atoms with Gasteiger partial charge in [-0.2, -0.15) is 0 Å². The molecule has 0 atom stereocenters. The zero-order chi connectivity index (χ0) is 17.3. The highest BCUT2D eigenvalue weighted by atomic mass is 16.1. The fourth-order valence-corrected chi connectivity index (χ4v) is 3.73. The summed E-state index contributed by atoms with van der Waals surface area (Å²) in [5.41, 5.74) is 3.47. The van der Waals surface area contributed by atoms with Crippen molar-refractivity contribution >= 4 is 11.6 Å². The third kappa shape index (κ3) is 5.33. The van der Waals surface area contributed by atoms with Crippen LogP contribution in [0.4, 0.5) is 5.69 Å². The van der Waals surface area contributed by atoms with Gasteiger partial charge in [-0.05, 0) is 77.6 Å². The topological polar surface area (TPSA) is 53.2 Å².